The van der Waals surface area contributed by atoms with Crippen molar-refractivity contribution in [2.45, 2.75) is 19.8 Å². The molecule has 3 N–H and O–H groups in total. The SMILES string of the molecule is CCOc1c(N)nsc1NCC1CC1. The number of anilines is 2. The summed E-state index contributed by atoms with van der Waals surface area (Å²) in [5.41, 5.74) is 5.68. The minimum atomic E-state index is 0.496. The van der Waals surface area contributed by atoms with Crippen LogP contribution < -0.4 is 15.8 Å². The van der Waals surface area contributed by atoms with Crippen LogP contribution in [0.5, 0.6) is 5.75 Å². The van der Waals surface area contributed by atoms with Gasteiger partial charge in [-0.25, -0.2) is 0 Å². The Morgan fingerprint density at radius 3 is 3.07 bits per heavy atom. The van der Waals surface area contributed by atoms with Crippen molar-refractivity contribution in [1.82, 2.24) is 4.37 Å². The summed E-state index contributed by atoms with van der Waals surface area (Å²) in [6, 6.07) is 0. The van der Waals surface area contributed by atoms with E-state index in [-0.39, 0.29) is 0 Å². The zero-order valence-corrected chi connectivity index (χ0v) is 9.06. The number of nitrogens with one attached hydrogen (secondary N) is 1. The summed E-state index contributed by atoms with van der Waals surface area (Å²) in [7, 11) is 0. The molecular formula is C9H15N3OS. The van der Waals surface area contributed by atoms with Gasteiger partial charge < -0.3 is 15.8 Å². The maximum absolute atomic E-state index is 5.68. The van der Waals surface area contributed by atoms with E-state index in [1.807, 2.05) is 6.92 Å². The van der Waals surface area contributed by atoms with Gasteiger partial charge >= 0.3 is 0 Å². The first-order chi connectivity index (χ1) is 6.81. The van der Waals surface area contributed by atoms with Crippen molar-refractivity contribution >= 4 is 22.4 Å². The highest BCUT2D eigenvalue weighted by molar-refractivity contribution is 7.11. The topological polar surface area (TPSA) is 60.2 Å². The summed E-state index contributed by atoms with van der Waals surface area (Å²) >= 11 is 1.37. The minimum Gasteiger partial charge on any atom is -0.487 e. The lowest BCUT2D eigenvalue weighted by Gasteiger charge is -2.06. The summed E-state index contributed by atoms with van der Waals surface area (Å²) in [6.07, 6.45) is 2.68. The smallest absolute Gasteiger partial charge is 0.197 e. The number of nitrogens with two attached hydrogens (primary N) is 1. The van der Waals surface area contributed by atoms with Crippen LogP contribution in [0, 0.1) is 5.92 Å². The van der Waals surface area contributed by atoms with Gasteiger partial charge in [-0.2, -0.15) is 4.37 Å². The largest absolute Gasteiger partial charge is 0.487 e. The quantitative estimate of drug-likeness (QED) is 0.784. The third-order valence-electron chi connectivity index (χ3n) is 2.21. The summed E-state index contributed by atoms with van der Waals surface area (Å²) < 4.78 is 9.49. The fourth-order valence-electron chi connectivity index (χ4n) is 1.25. The van der Waals surface area contributed by atoms with E-state index in [2.05, 4.69) is 9.69 Å². The standard InChI is InChI=1S/C9H15N3OS/c1-2-13-7-8(10)12-14-9(7)11-5-6-3-4-6/h6,11H,2-5H2,1H3,(H2,10,12). The molecule has 1 aromatic heterocycles. The summed E-state index contributed by atoms with van der Waals surface area (Å²) in [4.78, 5) is 0. The van der Waals surface area contributed by atoms with Gasteiger partial charge in [0.05, 0.1) is 6.61 Å². The second kappa shape index (κ2) is 4.04. The highest BCUT2D eigenvalue weighted by Gasteiger charge is 2.22. The zero-order chi connectivity index (χ0) is 9.97. The molecule has 0 unspecified atom stereocenters. The molecule has 1 aliphatic carbocycles. The Balaban J connectivity index is 1.98. The molecular weight excluding hydrogens is 198 g/mol. The number of nitrogens with zero attached hydrogens (tertiary/aromatic N) is 1. The Hall–Kier alpha value is -0.970. The molecule has 4 nitrogen and oxygen atoms in total. The number of rotatable bonds is 5. The highest BCUT2D eigenvalue weighted by Crippen LogP contribution is 2.37. The van der Waals surface area contributed by atoms with Crippen molar-refractivity contribution in [3.05, 3.63) is 0 Å². The highest BCUT2D eigenvalue weighted by atomic mass is 32.1. The molecule has 0 aliphatic heterocycles. The lowest BCUT2D eigenvalue weighted by molar-refractivity contribution is 0.344. The van der Waals surface area contributed by atoms with Crippen molar-refractivity contribution in [3.63, 3.8) is 0 Å². The third kappa shape index (κ3) is 2.09. The predicted octanol–water partition coefficient (Wildman–Crippen LogP) is 1.95. The molecule has 0 spiro atoms. The van der Waals surface area contributed by atoms with E-state index in [0.29, 0.717) is 12.4 Å². The Morgan fingerprint density at radius 2 is 2.43 bits per heavy atom. The molecule has 0 bridgehead atoms. The number of nitrogen functional groups attached to an aromatic ring is 1. The maximum Gasteiger partial charge on any atom is 0.197 e. The predicted molar refractivity (Wildman–Crippen MR) is 58.9 cm³/mol. The van der Waals surface area contributed by atoms with Crippen LogP contribution in [0.15, 0.2) is 0 Å². The lowest BCUT2D eigenvalue weighted by Crippen LogP contribution is -2.04. The first kappa shape index (κ1) is 9.58. The first-order valence-electron chi connectivity index (χ1n) is 4.93. The van der Waals surface area contributed by atoms with Crippen molar-refractivity contribution in [1.29, 1.82) is 0 Å². The fraction of sp³-hybridized carbons (Fsp3) is 0.667. The minimum absolute atomic E-state index is 0.496. The van der Waals surface area contributed by atoms with Gasteiger partial charge in [0, 0.05) is 6.54 Å². The van der Waals surface area contributed by atoms with Gasteiger partial charge in [0.1, 0.15) is 0 Å². The molecule has 0 amide bonds. The molecule has 0 aromatic carbocycles. The van der Waals surface area contributed by atoms with Crippen LogP contribution in [0.3, 0.4) is 0 Å². The number of aromatic nitrogens is 1. The summed E-state index contributed by atoms with van der Waals surface area (Å²) in [5, 5.41) is 4.30. The summed E-state index contributed by atoms with van der Waals surface area (Å²) in [5.74, 6) is 2.06. The van der Waals surface area contributed by atoms with Gasteiger partial charge in [0.2, 0.25) is 0 Å². The van der Waals surface area contributed by atoms with E-state index in [1.165, 1.54) is 24.4 Å². The normalized spacial score (nSPS) is 15.5. The molecule has 1 saturated carbocycles. The maximum atomic E-state index is 5.68. The van der Waals surface area contributed by atoms with E-state index >= 15 is 0 Å². The van der Waals surface area contributed by atoms with Crippen LogP contribution >= 0.6 is 11.5 Å². The number of ether oxygens (including phenoxy) is 1. The Labute approximate surface area is 87.6 Å². The van der Waals surface area contributed by atoms with Gasteiger partial charge in [-0.05, 0) is 37.2 Å². The molecule has 1 aromatic rings. The van der Waals surface area contributed by atoms with Gasteiger partial charge in [-0.15, -0.1) is 0 Å². The van der Waals surface area contributed by atoms with Crippen molar-refractivity contribution in [3.8, 4) is 5.75 Å². The average Bonchev–Trinajstić information content (AvgIpc) is 2.94. The van der Waals surface area contributed by atoms with Crippen molar-refractivity contribution < 1.29 is 4.74 Å². The van der Waals surface area contributed by atoms with Gasteiger partial charge in [-0.3, -0.25) is 0 Å². The van der Waals surface area contributed by atoms with Crippen molar-refractivity contribution in [2.75, 3.05) is 24.2 Å². The first-order valence-corrected chi connectivity index (χ1v) is 5.70. The molecule has 0 radical (unpaired) electrons. The molecule has 14 heavy (non-hydrogen) atoms. The second-order valence-electron chi connectivity index (χ2n) is 3.48. The van der Waals surface area contributed by atoms with Crippen LogP contribution in [0.25, 0.3) is 0 Å². The lowest BCUT2D eigenvalue weighted by atomic mass is 10.4. The van der Waals surface area contributed by atoms with Crippen LogP contribution in [0.4, 0.5) is 10.8 Å². The molecule has 1 fully saturated rings. The van der Waals surface area contributed by atoms with E-state index in [9.17, 15) is 0 Å². The van der Waals surface area contributed by atoms with E-state index in [1.54, 1.807) is 0 Å². The van der Waals surface area contributed by atoms with E-state index in [0.717, 1.165) is 23.2 Å². The monoisotopic (exact) mass is 213 g/mol. The van der Waals surface area contributed by atoms with E-state index < -0.39 is 0 Å². The summed E-state index contributed by atoms with van der Waals surface area (Å²) in [6.45, 7) is 3.59. The average molecular weight is 213 g/mol. The Morgan fingerprint density at radius 1 is 1.64 bits per heavy atom. The zero-order valence-electron chi connectivity index (χ0n) is 8.25. The van der Waals surface area contributed by atoms with Crippen LogP contribution in [0.1, 0.15) is 19.8 Å². The Bertz CT molecular complexity index is 309. The molecule has 0 saturated heterocycles. The van der Waals surface area contributed by atoms with Gasteiger partial charge in [0.25, 0.3) is 0 Å². The molecule has 1 aliphatic rings. The van der Waals surface area contributed by atoms with Gasteiger partial charge in [0.15, 0.2) is 16.6 Å². The van der Waals surface area contributed by atoms with Crippen LogP contribution in [-0.4, -0.2) is 17.5 Å². The van der Waals surface area contributed by atoms with Crippen molar-refractivity contribution in [2.24, 2.45) is 5.92 Å². The molecule has 1 heterocycles. The van der Waals surface area contributed by atoms with Crippen LogP contribution in [-0.2, 0) is 0 Å². The second-order valence-corrected chi connectivity index (χ2v) is 4.26. The molecule has 78 valence electrons. The molecule has 0 atom stereocenters. The Kier molecular flexibility index (Phi) is 2.77. The third-order valence-corrected chi connectivity index (χ3v) is 3.01. The van der Waals surface area contributed by atoms with Gasteiger partial charge in [-0.1, -0.05) is 0 Å². The fourth-order valence-corrected chi connectivity index (χ4v) is 1.92. The number of hydrogen-bond donors (Lipinski definition) is 2. The molecule has 2 rings (SSSR count). The van der Waals surface area contributed by atoms with Crippen LogP contribution in [0.2, 0.25) is 0 Å². The van der Waals surface area contributed by atoms with E-state index in [4.69, 9.17) is 10.5 Å². The molecule has 5 heteroatoms. The number of hydrogen-bond acceptors (Lipinski definition) is 5.